The predicted molar refractivity (Wildman–Crippen MR) is 141 cm³/mol. The standard InChI is InChI=1S/C26H27N7O3S/c27-14-11-26(12-16-28-17-13-26)33-22-10-15-29-25(34)23(22)24(32-33)31-20-6-8-21(9-7-20)37(35,36)30-18-19-4-2-1-3-5-19/h1-10,15,28,30H,11-13,16-18H2,(H,29,34)(H,31,32). The van der Waals surface area contributed by atoms with Crippen molar-refractivity contribution in [3.63, 3.8) is 0 Å². The number of sulfonamides is 1. The van der Waals surface area contributed by atoms with Gasteiger partial charge in [0.2, 0.25) is 10.0 Å². The van der Waals surface area contributed by atoms with Crippen molar-refractivity contribution in [2.45, 2.75) is 36.2 Å². The number of rotatable bonds is 8. The van der Waals surface area contributed by atoms with Crippen LogP contribution in [0.4, 0.5) is 11.5 Å². The van der Waals surface area contributed by atoms with Crippen molar-refractivity contribution in [2.75, 3.05) is 18.4 Å². The molecule has 10 nitrogen and oxygen atoms in total. The van der Waals surface area contributed by atoms with Crippen LogP contribution in [0.5, 0.6) is 0 Å². The number of H-pyrrole nitrogens is 1. The maximum Gasteiger partial charge on any atom is 0.261 e. The number of hydrogen-bond donors (Lipinski definition) is 4. The molecule has 1 fully saturated rings. The SMILES string of the molecule is N#CCC1(n2nc(Nc3ccc(S(=O)(=O)NCc4ccccc4)cc3)c3c(=O)[nH]ccc32)CCNCC1. The third-order valence-electron chi connectivity index (χ3n) is 6.73. The summed E-state index contributed by atoms with van der Waals surface area (Å²) in [5, 5.41) is 21.2. The van der Waals surface area contributed by atoms with Crippen LogP contribution >= 0.6 is 0 Å². The molecule has 5 rings (SSSR count). The third-order valence-corrected chi connectivity index (χ3v) is 8.15. The molecule has 190 valence electrons. The minimum absolute atomic E-state index is 0.130. The van der Waals surface area contributed by atoms with E-state index in [1.165, 1.54) is 12.1 Å². The summed E-state index contributed by atoms with van der Waals surface area (Å²) in [6.07, 6.45) is 3.29. The van der Waals surface area contributed by atoms with Crippen molar-refractivity contribution in [2.24, 2.45) is 0 Å². The number of aromatic amines is 1. The molecule has 0 radical (unpaired) electrons. The van der Waals surface area contributed by atoms with Gasteiger partial charge in [-0.1, -0.05) is 30.3 Å². The maximum absolute atomic E-state index is 12.8. The number of hydrogen-bond acceptors (Lipinski definition) is 7. The molecular weight excluding hydrogens is 490 g/mol. The molecule has 0 aliphatic carbocycles. The number of fused-ring (bicyclic) bond motifs is 1. The molecule has 4 aromatic rings. The molecule has 1 aliphatic rings. The van der Waals surface area contributed by atoms with Crippen LogP contribution in [0.25, 0.3) is 10.9 Å². The Bertz CT molecular complexity index is 1600. The number of pyridine rings is 1. The van der Waals surface area contributed by atoms with E-state index >= 15 is 0 Å². The van der Waals surface area contributed by atoms with E-state index in [0.29, 0.717) is 35.2 Å². The minimum Gasteiger partial charge on any atom is -0.338 e. The number of nitrogens with one attached hydrogen (secondary N) is 4. The van der Waals surface area contributed by atoms with Crippen LogP contribution < -0.4 is 20.9 Å². The molecule has 11 heteroatoms. The lowest BCUT2D eigenvalue weighted by atomic mass is 9.85. The lowest BCUT2D eigenvalue weighted by Gasteiger charge is -2.36. The number of benzene rings is 2. The highest BCUT2D eigenvalue weighted by Crippen LogP contribution is 2.35. The molecule has 1 saturated heterocycles. The fraction of sp³-hybridized carbons (Fsp3) is 0.269. The molecule has 0 unspecified atom stereocenters. The fourth-order valence-electron chi connectivity index (χ4n) is 4.74. The molecule has 2 aromatic carbocycles. The van der Waals surface area contributed by atoms with Crippen molar-refractivity contribution >= 4 is 32.4 Å². The molecule has 4 N–H and O–H groups in total. The molecule has 0 saturated carbocycles. The number of aromatic nitrogens is 3. The highest BCUT2D eigenvalue weighted by Gasteiger charge is 2.37. The highest BCUT2D eigenvalue weighted by molar-refractivity contribution is 7.89. The van der Waals surface area contributed by atoms with Gasteiger partial charge in [0.15, 0.2) is 5.82 Å². The van der Waals surface area contributed by atoms with Gasteiger partial charge < -0.3 is 15.6 Å². The third kappa shape index (κ3) is 4.99. The average molecular weight is 518 g/mol. The van der Waals surface area contributed by atoms with Crippen molar-refractivity contribution < 1.29 is 8.42 Å². The van der Waals surface area contributed by atoms with Crippen molar-refractivity contribution in [3.8, 4) is 6.07 Å². The first-order chi connectivity index (χ1) is 17.9. The zero-order chi connectivity index (χ0) is 25.9. The monoisotopic (exact) mass is 517 g/mol. The molecule has 2 aromatic heterocycles. The number of nitrogens with zero attached hydrogens (tertiary/aromatic N) is 3. The van der Waals surface area contributed by atoms with Crippen LogP contribution in [0.15, 0.2) is 76.6 Å². The zero-order valence-electron chi connectivity index (χ0n) is 20.1. The Kier molecular flexibility index (Phi) is 6.80. The minimum atomic E-state index is -3.70. The van der Waals surface area contributed by atoms with Crippen LogP contribution in [0.2, 0.25) is 0 Å². The average Bonchev–Trinajstić information content (AvgIpc) is 3.29. The summed E-state index contributed by atoms with van der Waals surface area (Å²) < 4.78 is 29.9. The van der Waals surface area contributed by atoms with Crippen LogP contribution in [0, 0.1) is 11.3 Å². The first kappa shape index (κ1) is 24.7. The summed E-state index contributed by atoms with van der Waals surface area (Å²) in [6, 6.07) is 19.7. The summed E-state index contributed by atoms with van der Waals surface area (Å²) >= 11 is 0. The van der Waals surface area contributed by atoms with Gasteiger partial charge in [0.05, 0.1) is 28.4 Å². The maximum atomic E-state index is 12.8. The fourth-order valence-corrected chi connectivity index (χ4v) is 5.76. The van der Waals surface area contributed by atoms with E-state index in [-0.39, 0.29) is 23.4 Å². The van der Waals surface area contributed by atoms with Crippen LogP contribution in [0.3, 0.4) is 0 Å². The summed E-state index contributed by atoms with van der Waals surface area (Å²) in [6.45, 7) is 1.70. The summed E-state index contributed by atoms with van der Waals surface area (Å²) in [7, 11) is -3.70. The zero-order valence-corrected chi connectivity index (χ0v) is 20.9. The lowest BCUT2D eigenvalue weighted by molar-refractivity contribution is 0.197. The quantitative estimate of drug-likeness (QED) is 0.281. The molecule has 37 heavy (non-hydrogen) atoms. The molecule has 0 amide bonds. The topological polar surface area (TPSA) is 145 Å². The van der Waals surface area contributed by atoms with E-state index in [9.17, 15) is 18.5 Å². The smallest absolute Gasteiger partial charge is 0.261 e. The molecule has 0 spiro atoms. The normalized spacial score (nSPS) is 15.3. The Morgan fingerprint density at radius 1 is 1.05 bits per heavy atom. The second kappa shape index (κ2) is 10.2. The second-order valence-corrected chi connectivity index (χ2v) is 10.9. The highest BCUT2D eigenvalue weighted by atomic mass is 32.2. The Morgan fingerprint density at radius 3 is 2.49 bits per heavy atom. The van der Waals surface area contributed by atoms with Gasteiger partial charge >= 0.3 is 0 Å². The van der Waals surface area contributed by atoms with E-state index in [4.69, 9.17) is 5.10 Å². The van der Waals surface area contributed by atoms with Crippen LogP contribution in [-0.2, 0) is 22.1 Å². The summed E-state index contributed by atoms with van der Waals surface area (Å²) in [5.41, 5.74) is 1.27. The predicted octanol–water partition coefficient (Wildman–Crippen LogP) is 2.94. The Labute approximate surface area is 214 Å². The van der Waals surface area contributed by atoms with Gasteiger partial charge in [0.1, 0.15) is 5.39 Å². The summed E-state index contributed by atoms with van der Waals surface area (Å²) in [5.74, 6) is 0.352. The van der Waals surface area contributed by atoms with Gasteiger partial charge in [0.25, 0.3) is 5.56 Å². The lowest BCUT2D eigenvalue weighted by Crippen LogP contribution is -2.44. The van der Waals surface area contributed by atoms with Crippen molar-refractivity contribution in [3.05, 3.63) is 82.8 Å². The molecule has 1 aliphatic heterocycles. The molecular formula is C26H27N7O3S. The van der Waals surface area contributed by atoms with Gasteiger partial charge in [-0.05, 0) is 61.8 Å². The van der Waals surface area contributed by atoms with E-state index in [1.807, 2.05) is 35.0 Å². The van der Waals surface area contributed by atoms with Gasteiger partial charge in [0, 0.05) is 18.4 Å². The molecule has 3 heterocycles. The van der Waals surface area contributed by atoms with Crippen LogP contribution in [-0.4, -0.2) is 36.3 Å². The number of nitriles is 1. The van der Waals surface area contributed by atoms with E-state index in [2.05, 4.69) is 26.4 Å². The van der Waals surface area contributed by atoms with Gasteiger partial charge in [-0.25, -0.2) is 13.1 Å². The number of anilines is 2. The Morgan fingerprint density at radius 2 is 1.78 bits per heavy atom. The first-order valence-electron chi connectivity index (χ1n) is 12.0. The van der Waals surface area contributed by atoms with Gasteiger partial charge in [-0.2, -0.15) is 10.4 Å². The van der Waals surface area contributed by atoms with E-state index in [1.54, 1.807) is 24.4 Å². The molecule has 0 atom stereocenters. The van der Waals surface area contributed by atoms with Gasteiger partial charge in [-0.3, -0.25) is 9.48 Å². The largest absolute Gasteiger partial charge is 0.338 e. The summed E-state index contributed by atoms with van der Waals surface area (Å²) in [4.78, 5) is 15.6. The van der Waals surface area contributed by atoms with Crippen molar-refractivity contribution in [1.82, 2.24) is 24.8 Å². The first-order valence-corrected chi connectivity index (χ1v) is 13.5. The second-order valence-electron chi connectivity index (χ2n) is 9.10. The van der Waals surface area contributed by atoms with Crippen LogP contribution in [0.1, 0.15) is 24.8 Å². The number of piperidine rings is 1. The van der Waals surface area contributed by atoms with E-state index in [0.717, 1.165) is 18.7 Å². The van der Waals surface area contributed by atoms with E-state index < -0.39 is 15.6 Å². The van der Waals surface area contributed by atoms with Gasteiger partial charge in [-0.15, -0.1) is 0 Å². The molecule has 0 bridgehead atoms. The van der Waals surface area contributed by atoms with Crippen molar-refractivity contribution in [1.29, 1.82) is 5.26 Å². The Balaban J connectivity index is 1.43. The Hall–Kier alpha value is -3.98.